The number of benzene rings is 1. The zero-order chi connectivity index (χ0) is 18.3. The number of hydrogen-bond donors (Lipinski definition) is 2. The zero-order valence-electron chi connectivity index (χ0n) is 14.4. The molecule has 26 heavy (non-hydrogen) atoms. The highest BCUT2D eigenvalue weighted by molar-refractivity contribution is 6.10. The maximum absolute atomic E-state index is 12.7. The number of fused-ring (bicyclic) bond motifs is 1. The van der Waals surface area contributed by atoms with Gasteiger partial charge in [0.2, 0.25) is 5.91 Å². The van der Waals surface area contributed by atoms with Crippen molar-refractivity contribution >= 4 is 23.5 Å². The Labute approximate surface area is 150 Å². The molecule has 2 aliphatic rings. The van der Waals surface area contributed by atoms with E-state index in [9.17, 15) is 14.4 Å². The highest BCUT2D eigenvalue weighted by Gasteiger charge is 2.51. The molecule has 1 aromatic heterocycles. The predicted molar refractivity (Wildman–Crippen MR) is 93.4 cm³/mol. The van der Waals surface area contributed by atoms with Crippen LogP contribution in [0, 0.1) is 0 Å². The van der Waals surface area contributed by atoms with Gasteiger partial charge in [-0.1, -0.05) is 6.07 Å². The van der Waals surface area contributed by atoms with Crippen LogP contribution in [0.3, 0.4) is 0 Å². The van der Waals surface area contributed by atoms with E-state index >= 15 is 0 Å². The van der Waals surface area contributed by atoms with E-state index < -0.39 is 23.4 Å². The average Bonchev–Trinajstić information content (AvgIpc) is 3.32. The SMILES string of the molecule is C[C@]1(c2ccco2)NC(=O)N(CC(=O)Nc2ccc3c(c2)CCC3)C1=O. The lowest BCUT2D eigenvalue weighted by atomic mass is 9.99. The lowest BCUT2D eigenvalue weighted by Crippen LogP contribution is -2.41. The van der Waals surface area contributed by atoms with Crippen molar-refractivity contribution in [1.82, 2.24) is 10.2 Å². The molecule has 0 saturated carbocycles. The molecule has 2 N–H and O–H groups in total. The number of aryl methyl sites for hydroxylation is 2. The lowest BCUT2D eigenvalue weighted by Gasteiger charge is -2.18. The summed E-state index contributed by atoms with van der Waals surface area (Å²) in [4.78, 5) is 38.1. The van der Waals surface area contributed by atoms with E-state index in [1.54, 1.807) is 19.1 Å². The van der Waals surface area contributed by atoms with E-state index in [4.69, 9.17) is 4.42 Å². The molecule has 0 unspecified atom stereocenters. The summed E-state index contributed by atoms with van der Waals surface area (Å²) < 4.78 is 5.27. The largest absolute Gasteiger partial charge is 0.466 e. The number of amides is 4. The van der Waals surface area contributed by atoms with Crippen molar-refractivity contribution in [2.45, 2.75) is 31.7 Å². The minimum Gasteiger partial charge on any atom is -0.466 e. The molecule has 1 saturated heterocycles. The third-order valence-electron chi connectivity index (χ3n) is 4.97. The predicted octanol–water partition coefficient (Wildman–Crippen LogP) is 2.17. The molecule has 4 rings (SSSR count). The molecule has 0 spiro atoms. The lowest BCUT2D eigenvalue weighted by molar-refractivity contribution is -0.134. The molecular formula is C19H19N3O4. The van der Waals surface area contributed by atoms with Gasteiger partial charge in [0.1, 0.15) is 12.3 Å². The van der Waals surface area contributed by atoms with E-state index in [2.05, 4.69) is 10.6 Å². The first kappa shape index (κ1) is 16.4. The first-order chi connectivity index (χ1) is 12.5. The number of imide groups is 1. The Hall–Kier alpha value is -3.09. The summed E-state index contributed by atoms with van der Waals surface area (Å²) in [6, 6.07) is 8.47. The van der Waals surface area contributed by atoms with Gasteiger partial charge in [0.25, 0.3) is 5.91 Å². The minimum atomic E-state index is -1.30. The summed E-state index contributed by atoms with van der Waals surface area (Å²) >= 11 is 0. The molecule has 1 aliphatic carbocycles. The molecule has 7 nitrogen and oxygen atoms in total. The van der Waals surface area contributed by atoms with Crippen LogP contribution in [0.2, 0.25) is 0 Å². The van der Waals surface area contributed by atoms with Crippen molar-refractivity contribution < 1.29 is 18.8 Å². The molecule has 0 radical (unpaired) electrons. The second-order valence-electron chi connectivity index (χ2n) is 6.81. The van der Waals surface area contributed by atoms with Crippen LogP contribution >= 0.6 is 0 Å². The van der Waals surface area contributed by atoms with E-state index in [-0.39, 0.29) is 6.54 Å². The van der Waals surface area contributed by atoms with Crippen LogP contribution in [0.15, 0.2) is 41.0 Å². The summed E-state index contributed by atoms with van der Waals surface area (Å²) in [5, 5.41) is 5.36. The van der Waals surface area contributed by atoms with Gasteiger partial charge >= 0.3 is 6.03 Å². The maximum atomic E-state index is 12.7. The maximum Gasteiger partial charge on any atom is 0.325 e. The van der Waals surface area contributed by atoms with Crippen LogP contribution in [-0.4, -0.2) is 29.3 Å². The second-order valence-corrected chi connectivity index (χ2v) is 6.81. The Balaban J connectivity index is 1.46. The number of rotatable bonds is 4. The molecule has 1 fully saturated rings. The van der Waals surface area contributed by atoms with E-state index in [0.717, 1.165) is 24.2 Å². The van der Waals surface area contributed by atoms with Crippen molar-refractivity contribution in [2.24, 2.45) is 0 Å². The van der Waals surface area contributed by atoms with Crippen LogP contribution in [0.4, 0.5) is 10.5 Å². The smallest absolute Gasteiger partial charge is 0.325 e. The van der Waals surface area contributed by atoms with Crippen molar-refractivity contribution in [1.29, 1.82) is 0 Å². The van der Waals surface area contributed by atoms with Gasteiger partial charge in [0.15, 0.2) is 5.54 Å². The molecule has 1 aromatic carbocycles. The van der Waals surface area contributed by atoms with Gasteiger partial charge in [-0.3, -0.25) is 14.5 Å². The van der Waals surface area contributed by atoms with E-state index in [1.807, 2.05) is 18.2 Å². The number of furan rings is 1. The molecule has 7 heteroatoms. The number of carbonyl (C=O) groups excluding carboxylic acids is 3. The summed E-state index contributed by atoms with van der Waals surface area (Å²) in [5.74, 6) is -0.603. The first-order valence-electron chi connectivity index (χ1n) is 8.57. The van der Waals surface area contributed by atoms with Crippen LogP contribution in [-0.2, 0) is 28.0 Å². The monoisotopic (exact) mass is 353 g/mol. The summed E-state index contributed by atoms with van der Waals surface area (Å²) in [5.41, 5.74) is 1.93. The molecule has 0 bridgehead atoms. The third kappa shape index (κ3) is 2.65. The number of hydrogen-bond acceptors (Lipinski definition) is 4. The number of carbonyl (C=O) groups is 3. The number of anilines is 1. The highest BCUT2D eigenvalue weighted by atomic mass is 16.3. The highest BCUT2D eigenvalue weighted by Crippen LogP contribution is 2.29. The third-order valence-corrected chi connectivity index (χ3v) is 4.97. The first-order valence-corrected chi connectivity index (χ1v) is 8.57. The van der Waals surface area contributed by atoms with Gasteiger partial charge in [-0.15, -0.1) is 0 Å². The average molecular weight is 353 g/mol. The van der Waals surface area contributed by atoms with E-state index in [1.165, 1.54) is 17.4 Å². The Kier molecular flexibility index (Phi) is 3.79. The van der Waals surface area contributed by atoms with Crippen LogP contribution in [0.1, 0.15) is 30.2 Å². The molecule has 1 aliphatic heterocycles. The van der Waals surface area contributed by atoms with Crippen molar-refractivity contribution in [3.63, 3.8) is 0 Å². The van der Waals surface area contributed by atoms with Crippen molar-refractivity contribution in [2.75, 3.05) is 11.9 Å². The number of nitrogens with one attached hydrogen (secondary N) is 2. The fourth-order valence-electron chi connectivity index (χ4n) is 3.56. The zero-order valence-corrected chi connectivity index (χ0v) is 14.4. The van der Waals surface area contributed by atoms with Crippen molar-refractivity contribution in [3.05, 3.63) is 53.5 Å². The molecule has 2 aromatic rings. The normalized spacial score (nSPS) is 21.7. The Bertz CT molecular complexity index is 890. The molecular weight excluding hydrogens is 334 g/mol. The Morgan fingerprint density at radius 3 is 2.85 bits per heavy atom. The molecule has 1 atom stereocenters. The van der Waals surface area contributed by atoms with Gasteiger partial charge in [0.05, 0.1) is 6.26 Å². The quantitative estimate of drug-likeness (QED) is 0.824. The minimum absolute atomic E-state index is 0.331. The standard InChI is InChI=1S/C19H19N3O4/c1-19(15-6-3-9-26-15)17(24)22(18(25)21-19)11-16(23)20-14-8-7-12-4-2-5-13(12)10-14/h3,6-10H,2,4-5,11H2,1H3,(H,20,23)(H,21,25)/t19-/m1/s1. The Morgan fingerprint density at radius 2 is 2.08 bits per heavy atom. The van der Waals surface area contributed by atoms with Gasteiger partial charge in [-0.05, 0) is 61.6 Å². The van der Waals surface area contributed by atoms with E-state index in [0.29, 0.717) is 11.4 Å². The second kappa shape index (κ2) is 6.01. The van der Waals surface area contributed by atoms with Crippen LogP contribution < -0.4 is 10.6 Å². The fourth-order valence-corrected chi connectivity index (χ4v) is 3.56. The number of urea groups is 1. The van der Waals surface area contributed by atoms with Gasteiger partial charge in [-0.25, -0.2) is 4.79 Å². The molecule has 4 amide bonds. The van der Waals surface area contributed by atoms with Crippen LogP contribution in [0.25, 0.3) is 0 Å². The van der Waals surface area contributed by atoms with Gasteiger partial charge in [0, 0.05) is 5.69 Å². The summed E-state index contributed by atoms with van der Waals surface area (Å²) in [6.45, 7) is 1.21. The van der Waals surface area contributed by atoms with Crippen molar-refractivity contribution in [3.8, 4) is 0 Å². The summed E-state index contributed by atoms with van der Waals surface area (Å²) in [6.07, 6.45) is 4.63. The van der Waals surface area contributed by atoms with Gasteiger partial charge in [-0.2, -0.15) is 0 Å². The topological polar surface area (TPSA) is 91.7 Å². The molecule has 134 valence electrons. The van der Waals surface area contributed by atoms with Crippen LogP contribution in [0.5, 0.6) is 0 Å². The fraction of sp³-hybridized carbons (Fsp3) is 0.316. The number of nitrogens with zero attached hydrogens (tertiary/aromatic N) is 1. The Morgan fingerprint density at radius 1 is 1.27 bits per heavy atom. The summed E-state index contributed by atoms with van der Waals surface area (Å²) in [7, 11) is 0. The van der Waals surface area contributed by atoms with Gasteiger partial charge < -0.3 is 15.1 Å². The molecule has 2 heterocycles.